The van der Waals surface area contributed by atoms with Gasteiger partial charge in [-0.2, -0.15) is 0 Å². The molecule has 2 heterocycles. The van der Waals surface area contributed by atoms with Gasteiger partial charge in [-0.3, -0.25) is 14.9 Å². The van der Waals surface area contributed by atoms with Crippen LogP contribution < -0.4 is 5.56 Å². The van der Waals surface area contributed by atoms with Gasteiger partial charge in [0.2, 0.25) is 0 Å². The van der Waals surface area contributed by atoms with Crippen molar-refractivity contribution in [2.45, 2.75) is 26.2 Å². The van der Waals surface area contributed by atoms with Gasteiger partial charge in [-0.05, 0) is 19.1 Å². The third kappa shape index (κ3) is 4.03. The van der Waals surface area contributed by atoms with Crippen molar-refractivity contribution < 1.29 is 19.2 Å². The summed E-state index contributed by atoms with van der Waals surface area (Å²) < 4.78 is 11.4. The molecule has 0 aliphatic heterocycles. The van der Waals surface area contributed by atoms with E-state index in [0.717, 1.165) is 10.8 Å². The molecule has 0 aliphatic rings. The van der Waals surface area contributed by atoms with E-state index in [4.69, 9.17) is 9.15 Å². The number of nitro groups is 1. The average Bonchev–Trinajstić information content (AvgIpc) is 2.94. The van der Waals surface area contributed by atoms with Crippen molar-refractivity contribution in [3.63, 3.8) is 0 Å². The van der Waals surface area contributed by atoms with Crippen molar-refractivity contribution in [1.82, 2.24) is 4.57 Å². The van der Waals surface area contributed by atoms with E-state index in [-0.39, 0.29) is 31.0 Å². The first-order chi connectivity index (χ1) is 10.5. The van der Waals surface area contributed by atoms with E-state index >= 15 is 0 Å². The summed E-state index contributed by atoms with van der Waals surface area (Å²) in [6.07, 6.45) is 1.68. The Kier molecular flexibility index (Phi) is 5.08. The molecule has 2 rings (SSSR count). The van der Waals surface area contributed by atoms with E-state index in [2.05, 4.69) is 0 Å². The van der Waals surface area contributed by atoms with Gasteiger partial charge >= 0.3 is 0 Å². The standard InChI is InChI=1S/C14H16N2O6/c1-10-5-14(18)15(7-13(10)16(19)20)6-11(17)8-21-9-12-3-2-4-22-12/h2-5,7,11,17H,6,8-9H2,1H3. The number of aliphatic hydroxyl groups excluding tert-OH is 1. The summed E-state index contributed by atoms with van der Waals surface area (Å²) in [4.78, 5) is 22.1. The molecule has 2 aromatic heterocycles. The summed E-state index contributed by atoms with van der Waals surface area (Å²) in [7, 11) is 0. The zero-order valence-corrected chi connectivity index (χ0v) is 12.0. The van der Waals surface area contributed by atoms with Crippen LogP contribution in [0.1, 0.15) is 11.3 Å². The van der Waals surface area contributed by atoms with Crippen molar-refractivity contribution in [2.24, 2.45) is 0 Å². The maximum Gasteiger partial charge on any atom is 0.288 e. The third-order valence-electron chi connectivity index (χ3n) is 3.04. The minimum atomic E-state index is -0.963. The first-order valence-electron chi connectivity index (χ1n) is 6.61. The summed E-state index contributed by atoms with van der Waals surface area (Å²) in [5, 5.41) is 20.7. The van der Waals surface area contributed by atoms with Crippen LogP contribution in [0.5, 0.6) is 0 Å². The quantitative estimate of drug-likeness (QED) is 0.609. The van der Waals surface area contributed by atoms with Gasteiger partial charge < -0.3 is 18.8 Å². The summed E-state index contributed by atoms with van der Waals surface area (Å²) >= 11 is 0. The highest BCUT2D eigenvalue weighted by molar-refractivity contribution is 5.35. The van der Waals surface area contributed by atoms with Gasteiger partial charge in [0, 0.05) is 11.6 Å². The van der Waals surface area contributed by atoms with Crippen LogP contribution >= 0.6 is 0 Å². The monoisotopic (exact) mass is 308 g/mol. The number of nitrogens with zero attached hydrogens (tertiary/aromatic N) is 2. The molecule has 8 nitrogen and oxygen atoms in total. The molecule has 0 radical (unpaired) electrons. The van der Waals surface area contributed by atoms with Gasteiger partial charge in [-0.1, -0.05) is 0 Å². The molecule has 0 fully saturated rings. The molecule has 118 valence electrons. The fraction of sp³-hybridized carbons (Fsp3) is 0.357. The minimum Gasteiger partial charge on any atom is -0.467 e. The van der Waals surface area contributed by atoms with E-state index < -0.39 is 16.6 Å². The molecule has 22 heavy (non-hydrogen) atoms. The Bertz CT molecular complexity index is 692. The average molecular weight is 308 g/mol. The zero-order valence-electron chi connectivity index (χ0n) is 12.0. The van der Waals surface area contributed by atoms with E-state index in [1.807, 2.05) is 0 Å². The maximum absolute atomic E-state index is 11.8. The van der Waals surface area contributed by atoms with Crippen LogP contribution in [-0.2, 0) is 17.9 Å². The first-order valence-corrected chi connectivity index (χ1v) is 6.61. The van der Waals surface area contributed by atoms with Crippen molar-refractivity contribution in [2.75, 3.05) is 6.61 Å². The summed E-state index contributed by atoms with van der Waals surface area (Å²) in [6.45, 7) is 1.59. The van der Waals surface area contributed by atoms with E-state index in [1.165, 1.54) is 19.3 Å². The molecule has 0 saturated carbocycles. The lowest BCUT2D eigenvalue weighted by atomic mass is 10.2. The highest BCUT2D eigenvalue weighted by Crippen LogP contribution is 2.14. The normalized spacial score (nSPS) is 12.3. The number of pyridine rings is 1. The van der Waals surface area contributed by atoms with Crippen molar-refractivity contribution >= 4 is 5.69 Å². The maximum atomic E-state index is 11.8. The SMILES string of the molecule is Cc1cc(=O)n(CC(O)COCc2ccco2)cc1[N+](=O)[O-]. The number of hydrogen-bond donors (Lipinski definition) is 1. The highest BCUT2D eigenvalue weighted by atomic mass is 16.6. The van der Waals surface area contributed by atoms with E-state index in [9.17, 15) is 20.0 Å². The number of aryl methyl sites for hydroxylation is 1. The predicted molar refractivity (Wildman–Crippen MR) is 76.5 cm³/mol. The van der Waals surface area contributed by atoms with Crippen LogP contribution in [0, 0.1) is 17.0 Å². The topological polar surface area (TPSA) is 108 Å². The van der Waals surface area contributed by atoms with Crippen LogP contribution in [0.25, 0.3) is 0 Å². The molecule has 8 heteroatoms. The molecule has 0 aliphatic carbocycles. The van der Waals surface area contributed by atoms with Gasteiger partial charge in [0.25, 0.3) is 11.2 Å². The lowest BCUT2D eigenvalue weighted by molar-refractivity contribution is -0.386. The van der Waals surface area contributed by atoms with Gasteiger partial charge in [0.05, 0.1) is 36.6 Å². The fourth-order valence-corrected chi connectivity index (χ4v) is 1.96. The Labute approximate surface area is 125 Å². The Balaban J connectivity index is 1.96. The Hall–Kier alpha value is -2.45. The van der Waals surface area contributed by atoms with Crippen molar-refractivity contribution in [1.29, 1.82) is 0 Å². The van der Waals surface area contributed by atoms with Crippen LogP contribution in [0.2, 0.25) is 0 Å². The number of aromatic nitrogens is 1. The number of furan rings is 1. The second-order valence-corrected chi connectivity index (χ2v) is 4.84. The molecular weight excluding hydrogens is 292 g/mol. The molecular formula is C14H16N2O6. The van der Waals surface area contributed by atoms with Crippen LogP contribution in [-0.4, -0.2) is 27.3 Å². The third-order valence-corrected chi connectivity index (χ3v) is 3.04. The van der Waals surface area contributed by atoms with Gasteiger partial charge in [-0.25, -0.2) is 0 Å². The Morgan fingerprint density at radius 1 is 1.55 bits per heavy atom. The van der Waals surface area contributed by atoms with Crippen molar-refractivity contribution in [3.8, 4) is 0 Å². The highest BCUT2D eigenvalue weighted by Gasteiger charge is 2.15. The molecule has 0 saturated heterocycles. The van der Waals surface area contributed by atoms with E-state index in [0.29, 0.717) is 5.76 Å². The largest absolute Gasteiger partial charge is 0.467 e. The van der Waals surface area contributed by atoms with E-state index in [1.54, 1.807) is 12.1 Å². The molecule has 0 bridgehead atoms. The second kappa shape index (κ2) is 7.01. The summed E-state index contributed by atoms with van der Waals surface area (Å²) in [5.74, 6) is 0.621. The molecule has 1 atom stereocenters. The molecule has 2 aromatic rings. The van der Waals surface area contributed by atoms with Gasteiger partial charge in [0.1, 0.15) is 12.4 Å². The molecule has 0 aromatic carbocycles. The zero-order chi connectivity index (χ0) is 16.1. The fourth-order valence-electron chi connectivity index (χ4n) is 1.96. The lowest BCUT2D eigenvalue weighted by Crippen LogP contribution is -2.29. The van der Waals surface area contributed by atoms with Gasteiger partial charge in [0.15, 0.2) is 0 Å². The number of rotatable bonds is 7. The van der Waals surface area contributed by atoms with Crippen molar-refractivity contribution in [3.05, 3.63) is 62.5 Å². The molecule has 0 amide bonds. The summed E-state index contributed by atoms with van der Waals surface area (Å²) in [5.41, 5.74) is -0.286. The Morgan fingerprint density at radius 2 is 2.32 bits per heavy atom. The lowest BCUT2D eigenvalue weighted by Gasteiger charge is -2.13. The van der Waals surface area contributed by atoms with Crippen LogP contribution in [0.3, 0.4) is 0 Å². The molecule has 0 spiro atoms. The number of hydrogen-bond acceptors (Lipinski definition) is 6. The predicted octanol–water partition coefficient (Wildman–Crippen LogP) is 1.24. The molecule has 1 unspecified atom stereocenters. The van der Waals surface area contributed by atoms with Gasteiger partial charge in [-0.15, -0.1) is 0 Å². The Morgan fingerprint density at radius 3 is 2.95 bits per heavy atom. The smallest absolute Gasteiger partial charge is 0.288 e. The second-order valence-electron chi connectivity index (χ2n) is 4.84. The first kappa shape index (κ1) is 15.9. The van der Waals surface area contributed by atoms with Crippen LogP contribution in [0.15, 0.2) is 39.9 Å². The molecule has 1 N–H and O–H groups in total. The number of ether oxygens (including phenoxy) is 1. The number of aliphatic hydroxyl groups is 1. The van der Waals surface area contributed by atoms with Crippen LogP contribution in [0.4, 0.5) is 5.69 Å². The summed E-state index contributed by atoms with van der Waals surface area (Å²) in [6, 6.07) is 4.63. The minimum absolute atomic E-state index is 0.0190.